The topological polar surface area (TPSA) is 158 Å². The van der Waals surface area contributed by atoms with Crippen molar-refractivity contribution in [3.63, 3.8) is 0 Å². The van der Waals surface area contributed by atoms with E-state index in [-0.39, 0.29) is 56.0 Å². The number of aliphatic hydroxyl groups is 2. The summed E-state index contributed by atoms with van der Waals surface area (Å²) in [4.78, 5) is 35.2. The van der Waals surface area contributed by atoms with E-state index >= 15 is 0 Å². The maximum atomic E-state index is 14.1. The van der Waals surface area contributed by atoms with Gasteiger partial charge >= 0.3 is 12.2 Å². The van der Waals surface area contributed by atoms with Crippen molar-refractivity contribution in [2.75, 3.05) is 46.6 Å². The molecule has 1 aromatic carbocycles. The van der Waals surface area contributed by atoms with Crippen LogP contribution in [-0.2, 0) is 19.0 Å². The predicted molar refractivity (Wildman–Crippen MR) is 254 cm³/mol. The number of rotatable bonds is 27. The molecular weight excluding hydrogens is 827 g/mol. The van der Waals surface area contributed by atoms with E-state index in [4.69, 9.17) is 33.7 Å². The van der Waals surface area contributed by atoms with Gasteiger partial charge in [0.1, 0.15) is 17.5 Å². The lowest BCUT2D eigenvalue weighted by molar-refractivity contribution is -0.254. The molecule has 366 valence electrons. The van der Waals surface area contributed by atoms with Gasteiger partial charge in [0, 0.05) is 51.1 Å². The average Bonchev–Trinajstić information content (AvgIpc) is 3.29. The number of hydrogen-bond donors (Lipinski definition) is 3. The fraction of sp³-hybridized carbons (Fsp3) is 0.750. The fourth-order valence-corrected chi connectivity index (χ4v) is 10.2. The zero-order chi connectivity index (χ0) is 46.7. The minimum Gasteiger partial charge on any atom is -0.459 e. The minimum absolute atomic E-state index is 0.0181. The molecule has 4 aliphatic rings. The second-order valence-electron chi connectivity index (χ2n) is 19.9. The van der Waals surface area contributed by atoms with Crippen molar-refractivity contribution in [1.82, 2.24) is 10.2 Å². The third-order valence-electron chi connectivity index (χ3n) is 13.5. The van der Waals surface area contributed by atoms with E-state index < -0.39 is 36.2 Å². The van der Waals surface area contributed by atoms with Crippen molar-refractivity contribution < 1.29 is 48.3 Å². The van der Waals surface area contributed by atoms with Crippen LogP contribution in [0.15, 0.2) is 47.7 Å². The highest BCUT2D eigenvalue weighted by molar-refractivity contribution is 6.03. The third kappa shape index (κ3) is 14.9. The summed E-state index contributed by atoms with van der Waals surface area (Å²) in [6.07, 6.45) is 22.1. The highest BCUT2D eigenvalue weighted by Gasteiger charge is 2.65. The number of carbonyl (C=O) groups excluding carboxylic acids is 2. The Balaban J connectivity index is 1.52. The number of fused-ring (bicyclic) bond motifs is 2. The lowest BCUT2D eigenvalue weighted by atomic mass is 9.55. The molecule has 7 atom stereocenters. The maximum Gasteiger partial charge on any atom is 0.412 e. The first-order valence-corrected chi connectivity index (χ1v) is 25.2. The van der Waals surface area contributed by atoms with Gasteiger partial charge in [-0.1, -0.05) is 116 Å². The van der Waals surface area contributed by atoms with Gasteiger partial charge in [0.2, 0.25) is 12.1 Å². The van der Waals surface area contributed by atoms with E-state index in [1.54, 1.807) is 24.1 Å². The molecule has 13 heteroatoms. The quantitative estimate of drug-likeness (QED) is 0.0441. The van der Waals surface area contributed by atoms with E-state index in [1.807, 2.05) is 32.9 Å². The van der Waals surface area contributed by atoms with Crippen LogP contribution in [0, 0.1) is 23.2 Å². The number of nitrogens with one attached hydrogen (secondary N) is 1. The molecule has 1 saturated carbocycles. The van der Waals surface area contributed by atoms with Crippen molar-refractivity contribution in [2.45, 2.75) is 180 Å². The van der Waals surface area contributed by atoms with Gasteiger partial charge in [-0.05, 0) is 86.0 Å². The Morgan fingerprint density at radius 1 is 0.969 bits per heavy atom. The van der Waals surface area contributed by atoms with Crippen LogP contribution in [0.2, 0.25) is 0 Å². The number of aliphatic hydroxyl groups excluding tert-OH is 2. The largest absolute Gasteiger partial charge is 0.459 e. The summed E-state index contributed by atoms with van der Waals surface area (Å²) in [5.41, 5.74) is 2.20. The first-order valence-electron chi connectivity index (χ1n) is 25.2. The van der Waals surface area contributed by atoms with Crippen LogP contribution in [0.4, 0.5) is 9.59 Å². The Bertz CT molecular complexity index is 1690. The van der Waals surface area contributed by atoms with E-state index in [9.17, 15) is 19.8 Å². The lowest BCUT2D eigenvalue weighted by Gasteiger charge is -2.59. The first kappa shape index (κ1) is 52.3. The number of allylic oxidation sites excluding steroid dienone is 1. The minimum atomic E-state index is -1.42. The van der Waals surface area contributed by atoms with Gasteiger partial charge in [0.25, 0.3) is 0 Å². The van der Waals surface area contributed by atoms with Crippen molar-refractivity contribution in [3.05, 3.63) is 48.1 Å². The Hall–Kier alpha value is -3.65. The van der Waals surface area contributed by atoms with E-state index in [1.165, 1.54) is 44.9 Å². The third-order valence-corrected chi connectivity index (χ3v) is 13.5. The Kier molecular flexibility index (Phi) is 21.4. The van der Waals surface area contributed by atoms with Crippen molar-refractivity contribution in [2.24, 2.45) is 28.3 Å². The molecule has 0 aromatic heterocycles. The van der Waals surface area contributed by atoms with Gasteiger partial charge < -0.3 is 49.0 Å². The van der Waals surface area contributed by atoms with Gasteiger partial charge in [0.15, 0.2) is 0 Å². The highest BCUT2D eigenvalue weighted by atomic mass is 16.8. The number of unbranched alkanes of at least 4 members (excludes halogenated alkanes) is 11. The Labute approximate surface area is 390 Å². The summed E-state index contributed by atoms with van der Waals surface area (Å²) in [5, 5.41) is 27.7. The molecule has 3 N–H and O–H groups in total. The summed E-state index contributed by atoms with van der Waals surface area (Å²) in [5.74, 6) is -1.15. The molecule has 0 spiro atoms. The SMILES string of the molecule is C=CCO[C@@]12Oc3ccc(OC(=O)NCCCCCCCCCCCC)cc3[C@H]3[C@H](CCCCO)[C@@H](CCCCO)C=C(C(=NOC4CCCCO4)C[C@@H]1N(C)C(=O)OCC(C)(C)C)[C@H]32. The molecule has 2 heterocycles. The predicted octanol–water partition coefficient (Wildman–Crippen LogP) is 11.0. The number of amides is 2. The number of ether oxygens (including phenoxy) is 5. The van der Waals surface area contributed by atoms with Crippen LogP contribution < -0.4 is 14.8 Å². The van der Waals surface area contributed by atoms with Crippen molar-refractivity contribution in [1.29, 1.82) is 0 Å². The maximum absolute atomic E-state index is 14.1. The molecule has 1 saturated heterocycles. The molecule has 2 amide bonds. The molecule has 1 unspecified atom stereocenters. The molecule has 65 heavy (non-hydrogen) atoms. The molecule has 2 aliphatic heterocycles. The second kappa shape index (κ2) is 26.6. The summed E-state index contributed by atoms with van der Waals surface area (Å²) in [6, 6.07) is 4.81. The van der Waals surface area contributed by atoms with Crippen LogP contribution in [0.5, 0.6) is 11.5 Å². The number of hydrogen-bond acceptors (Lipinski definition) is 11. The Morgan fingerprint density at radius 2 is 1.68 bits per heavy atom. The zero-order valence-electron chi connectivity index (χ0n) is 40.5. The molecular formula is C52H83N3O10. The van der Waals surface area contributed by atoms with Gasteiger partial charge in [-0.3, -0.25) is 0 Å². The van der Waals surface area contributed by atoms with Crippen LogP contribution in [0.25, 0.3) is 0 Å². The van der Waals surface area contributed by atoms with Crippen LogP contribution >= 0.6 is 0 Å². The van der Waals surface area contributed by atoms with Crippen LogP contribution in [0.3, 0.4) is 0 Å². The van der Waals surface area contributed by atoms with Crippen molar-refractivity contribution in [3.8, 4) is 11.5 Å². The standard InChI is InChI=1S/C52H83N3O10/c1-7-9-10-11-12-13-14-15-16-20-29-53-49(58)63-39-27-28-44-42(35-39)47-40(25-18-22-31-57)38(24-17-21-30-56)34-41-43(54-65-46-26-19-23-33-60-46)36-45(52(64-44,48(41)47)62-32-8-2)55(6)50(59)61-37-51(3,4)5/h8,27-28,34-35,38,40,45-48,56-57H,2,7,9-26,29-33,36-37H2,1,3-6H3,(H,53,58)/t38-,40+,45-,46?,47+,48+,52+/m0/s1. The summed E-state index contributed by atoms with van der Waals surface area (Å²) < 4.78 is 32.1. The number of benzene rings is 1. The molecule has 0 radical (unpaired) electrons. The first-order chi connectivity index (χ1) is 31.5. The van der Waals surface area contributed by atoms with E-state index in [0.717, 1.165) is 75.3 Å². The number of likely N-dealkylation sites (N-methyl/N-ethyl adjacent to an activating group) is 1. The summed E-state index contributed by atoms with van der Waals surface area (Å²) in [7, 11) is 1.73. The zero-order valence-corrected chi connectivity index (χ0v) is 40.5. The molecule has 0 bridgehead atoms. The number of oxime groups is 1. The summed E-state index contributed by atoms with van der Waals surface area (Å²) >= 11 is 0. The van der Waals surface area contributed by atoms with Gasteiger partial charge in [0.05, 0.1) is 31.5 Å². The number of carbonyl (C=O) groups is 2. The molecule has 5 rings (SSSR count). The average molecular weight is 910 g/mol. The van der Waals surface area contributed by atoms with Crippen LogP contribution in [-0.4, -0.2) is 97.8 Å². The van der Waals surface area contributed by atoms with Crippen LogP contribution in [0.1, 0.15) is 168 Å². The van der Waals surface area contributed by atoms with E-state index in [0.29, 0.717) is 43.2 Å². The summed E-state index contributed by atoms with van der Waals surface area (Å²) in [6.45, 7) is 14.0. The monoisotopic (exact) mass is 910 g/mol. The van der Waals surface area contributed by atoms with E-state index in [2.05, 4.69) is 24.9 Å². The molecule has 2 aliphatic carbocycles. The molecule has 13 nitrogen and oxygen atoms in total. The van der Waals surface area contributed by atoms with Gasteiger partial charge in [-0.15, -0.1) is 6.58 Å². The molecule has 2 fully saturated rings. The number of nitrogens with zero attached hydrogens (tertiary/aromatic N) is 2. The molecule has 1 aromatic rings. The lowest BCUT2D eigenvalue weighted by Crippen LogP contribution is -2.69. The second-order valence-corrected chi connectivity index (χ2v) is 19.9. The van der Waals surface area contributed by atoms with Crippen molar-refractivity contribution >= 4 is 17.9 Å². The van der Waals surface area contributed by atoms with Gasteiger partial charge in [-0.25, -0.2) is 9.59 Å². The Morgan fingerprint density at radius 3 is 2.34 bits per heavy atom. The normalized spacial score (nSPS) is 25.4. The smallest absolute Gasteiger partial charge is 0.412 e. The highest BCUT2D eigenvalue weighted by Crippen LogP contribution is 2.62. The fourth-order valence-electron chi connectivity index (χ4n) is 10.2. The van der Waals surface area contributed by atoms with Gasteiger partial charge in [-0.2, -0.15) is 0 Å².